The normalized spacial score (nSPS) is 11.8. The summed E-state index contributed by atoms with van der Waals surface area (Å²) in [5, 5.41) is 2.33. The SMILES string of the molecule is Cc1ccc2c(oc3ccccc32)c1-c1cccc2cc[n+](C)n12. The maximum absolute atomic E-state index is 6.26. The second-order valence-corrected chi connectivity index (χ2v) is 6.27. The molecule has 0 saturated heterocycles. The van der Waals surface area contributed by atoms with Gasteiger partial charge < -0.3 is 4.42 Å². The zero-order valence-corrected chi connectivity index (χ0v) is 13.7. The molecule has 24 heavy (non-hydrogen) atoms. The van der Waals surface area contributed by atoms with Gasteiger partial charge in [0.15, 0.2) is 13.2 Å². The monoisotopic (exact) mass is 313 g/mol. The van der Waals surface area contributed by atoms with Crippen LogP contribution in [0.1, 0.15) is 5.56 Å². The van der Waals surface area contributed by atoms with Crippen molar-refractivity contribution in [3.8, 4) is 11.3 Å². The van der Waals surface area contributed by atoms with E-state index < -0.39 is 0 Å². The van der Waals surface area contributed by atoms with E-state index in [2.05, 4.69) is 77.9 Å². The average Bonchev–Trinajstić information content (AvgIpc) is 3.16. The minimum absolute atomic E-state index is 0.934. The zero-order valence-electron chi connectivity index (χ0n) is 13.7. The standard InChI is InChI=1S/C21H17N2O/c1-14-10-11-17-16-7-3-4-9-19(16)24-21(17)20(14)18-8-5-6-15-12-13-22(2)23(15)18/h3-13H,1-2H3/q+1. The molecule has 0 fully saturated rings. The first-order valence-electron chi connectivity index (χ1n) is 8.11. The minimum Gasteiger partial charge on any atom is -0.455 e. The largest absolute Gasteiger partial charge is 0.455 e. The molecular weight excluding hydrogens is 296 g/mol. The van der Waals surface area contributed by atoms with E-state index in [1.165, 1.54) is 11.1 Å². The van der Waals surface area contributed by atoms with Gasteiger partial charge >= 0.3 is 0 Å². The van der Waals surface area contributed by atoms with E-state index >= 15 is 0 Å². The highest BCUT2D eigenvalue weighted by molar-refractivity contribution is 6.09. The van der Waals surface area contributed by atoms with Crippen LogP contribution in [0.3, 0.4) is 0 Å². The molecule has 2 aromatic carbocycles. The Labute approximate surface area is 139 Å². The Hall–Kier alpha value is -3.07. The van der Waals surface area contributed by atoms with Gasteiger partial charge in [-0.3, -0.25) is 0 Å². The predicted molar refractivity (Wildman–Crippen MR) is 96.0 cm³/mol. The summed E-state index contributed by atoms with van der Waals surface area (Å²) < 4.78 is 10.6. The van der Waals surface area contributed by atoms with Gasteiger partial charge in [-0.15, -0.1) is 9.20 Å². The molecule has 0 atom stereocenters. The Morgan fingerprint density at radius 1 is 0.875 bits per heavy atom. The maximum Gasteiger partial charge on any atom is 0.196 e. The summed E-state index contributed by atoms with van der Waals surface area (Å²) >= 11 is 0. The van der Waals surface area contributed by atoms with Crippen molar-refractivity contribution in [1.82, 2.24) is 4.52 Å². The number of nitrogens with zero attached hydrogens (tertiary/aromatic N) is 2. The fourth-order valence-electron chi connectivity index (χ4n) is 3.64. The third-order valence-electron chi connectivity index (χ3n) is 4.78. The number of hydrogen-bond donors (Lipinski definition) is 0. The Balaban J connectivity index is 1.98. The lowest BCUT2D eigenvalue weighted by Gasteiger charge is -2.08. The van der Waals surface area contributed by atoms with Crippen LogP contribution in [0.4, 0.5) is 0 Å². The molecule has 0 unspecified atom stereocenters. The molecule has 0 N–H and O–H groups in total. The molecule has 5 rings (SSSR count). The van der Waals surface area contributed by atoms with Crippen molar-refractivity contribution in [3.05, 3.63) is 72.4 Å². The highest BCUT2D eigenvalue weighted by Gasteiger charge is 2.19. The summed E-state index contributed by atoms with van der Waals surface area (Å²) in [5.74, 6) is 0. The fraction of sp³-hybridized carbons (Fsp3) is 0.0952. The van der Waals surface area contributed by atoms with Crippen LogP contribution in [0.5, 0.6) is 0 Å². The highest BCUT2D eigenvalue weighted by atomic mass is 16.3. The summed E-state index contributed by atoms with van der Waals surface area (Å²) in [7, 11) is 2.06. The molecule has 0 aliphatic carbocycles. The Bertz CT molecular complexity index is 1230. The van der Waals surface area contributed by atoms with Crippen LogP contribution in [-0.2, 0) is 7.05 Å². The first-order valence-corrected chi connectivity index (χ1v) is 8.11. The van der Waals surface area contributed by atoms with Gasteiger partial charge in [-0.05, 0) is 30.7 Å². The van der Waals surface area contributed by atoms with Crippen LogP contribution in [0.15, 0.2) is 71.3 Å². The summed E-state index contributed by atoms with van der Waals surface area (Å²) in [6.45, 7) is 2.14. The van der Waals surface area contributed by atoms with Crippen molar-refractivity contribution in [2.75, 3.05) is 0 Å². The molecular formula is C21H17N2O+. The number of benzene rings is 2. The van der Waals surface area contributed by atoms with Crippen LogP contribution in [0.25, 0.3) is 38.7 Å². The van der Waals surface area contributed by atoms with Gasteiger partial charge in [0.05, 0.1) is 5.56 Å². The van der Waals surface area contributed by atoms with Gasteiger partial charge in [-0.1, -0.05) is 36.4 Å². The van der Waals surface area contributed by atoms with Crippen LogP contribution in [-0.4, -0.2) is 4.52 Å². The molecule has 3 nitrogen and oxygen atoms in total. The van der Waals surface area contributed by atoms with E-state index in [-0.39, 0.29) is 0 Å². The fourth-order valence-corrected chi connectivity index (χ4v) is 3.64. The van der Waals surface area contributed by atoms with E-state index in [9.17, 15) is 0 Å². The van der Waals surface area contributed by atoms with Gasteiger partial charge in [0.1, 0.15) is 22.4 Å². The molecule has 0 spiro atoms. The smallest absolute Gasteiger partial charge is 0.196 e. The Kier molecular flexibility index (Phi) is 2.63. The molecule has 0 amide bonds. The van der Waals surface area contributed by atoms with E-state index in [1.807, 2.05) is 12.1 Å². The van der Waals surface area contributed by atoms with E-state index in [0.29, 0.717) is 0 Å². The molecule has 116 valence electrons. The summed E-state index contributed by atoms with van der Waals surface area (Å²) in [4.78, 5) is 0. The van der Waals surface area contributed by atoms with Crippen molar-refractivity contribution in [1.29, 1.82) is 0 Å². The number of para-hydroxylation sites is 1. The third-order valence-corrected chi connectivity index (χ3v) is 4.78. The van der Waals surface area contributed by atoms with Crippen LogP contribution < -0.4 is 4.68 Å². The van der Waals surface area contributed by atoms with Crippen LogP contribution in [0, 0.1) is 6.92 Å². The molecule has 0 aliphatic heterocycles. The van der Waals surface area contributed by atoms with Gasteiger partial charge in [0.2, 0.25) is 0 Å². The first kappa shape index (κ1) is 13.4. The molecule has 3 heterocycles. The maximum atomic E-state index is 6.26. The molecule has 0 radical (unpaired) electrons. The summed E-state index contributed by atoms with van der Waals surface area (Å²) in [6.07, 6.45) is 2.08. The lowest BCUT2D eigenvalue weighted by molar-refractivity contribution is -0.736. The molecule has 0 saturated carbocycles. The highest BCUT2D eigenvalue weighted by Crippen LogP contribution is 2.37. The lowest BCUT2D eigenvalue weighted by Crippen LogP contribution is -2.34. The molecule has 0 aliphatic rings. The van der Waals surface area contributed by atoms with E-state index in [0.717, 1.165) is 33.2 Å². The number of aryl methyl sites for hydroxylation is 2. The van der Waals surface area contributed by atoms with Gasteiger partial charge in [-0.25, -0.2) is 0 Å². The lowest BCUT2D eigenvalue weighted by atomic mass is 10.0. The van der Waals surface area contributed by atoms with E-state index in [4.69, 9.17) is 4.42 Å². The molecule has 3 aromatic heterocycles. The molecule has 0 bridgehead atoms. The Morgan fingerprint density at radius 2 is 1.75 bits per heavy atom. The third kappa shape index (κ3) is 1.69. The van der Waals surface area contributed by atoms with Crippen LogP contribution in [0.2, 0.25) is 0 Å². The first-order chi connectivity index (χ1) is 11.7. The number of furan rings is 1. The molecule has 3 heteroatoms. The second-order valence-electron chi connectivity index (χ2n) is 6.27. The average molecular weight is 313 g/mol. The number of fused-ring (bicyclic) bond motifs is 4. The van der Waals surface area contributed by atoms with Gasteiger partial charge in [-0.2, -0.15) is 0 Å². The van der Waals surface area contributed by atoms with Crippen molar-refractivity contribution in [2.45, 2.75) is 6.92 Å². The minimum atomic E-state index is 0.934. The van der Waals surface area contributed by atoms with E-state index in [1.54, 1.807) is 0 Å². The summed E-state index contributed by atoms with van der Waals surface area (Å²) in [6, 6.07) is 21.1. The number of aromatic nitrogens is 2. The van der Waals surface area contributed by atoms with Crippen molar-refractivity contribution in [2.24, 2.45) is 7.05 Å². The van der Waals surface area contributed by atoms with Gasteiger partial charge in [0, 0.05) is 16.8 Å². The zero-order chi connectivity index (χ0) is 16.3. The number of hydrogen-bond acceptors (Lipinski definition) is 1. The number of pyridine rings is 1. The van der Waals surface area contributed by atoms with Crippen molar-refractivity contribution in [3.63, 3.8) is 0 Å². The predicted octanol–water partition coefficient (Wildman–Crippen LogP) is 4.64. The summed E-state index contributed by atoms with van der Waals surface area (Å²) in [5.41, 5.74) is 6.56. The topological polar surface area (TPSA) is 21.4 Å². The molecule has 5 aromatic rings. The van der Waals surface area contributed by atoms with Crippen molar-refractivity contribution >= 4 is 27.5 Å². The second kappa shape index (κ2) is 4.71. The Morgan fingerprint density at radius 3 is 2.67 bits per heavy atom. The quantitative estimate of drug-likeness (QED) is 0.413. The van der Waals surface area contributed by atoms with Gasteiger partial charge in [0.25, 0.3) is 0 Å². The van der Waals surface area contributed by atoms with Crippen LogP contribution >= 0.6 is 0 Å². The number of rotatable bonds is 1. The van der Waals surface area contributed by atoms with Crippen molar-refractivity contribution < 1.29 is 9.10 Å².